The topological polar surface area (TPSA) is 65.8 Å². The number of piperidine rings is 1. The van der Waals surface area contributed by atoms with Gasteiger partial charge in [0, 0.05) is 48.8 Å². The van der Waals surface area contributed by atoms with Gasteiger partial charge in [-0.25, -0.2) is 0 Å². The van der Waals surface area contributed by atoms with Gasteiger partial charge in [0.1, 0.15) is 23.6 Å². The van der Waals surface area contributed by atoms with Gasteiger partial charge in [-0.05, 0) is 42.7 Å². The van der Waals surface area contributed by atoms with Gasteiger partial charge < -0.3 is 19.1 Å². The molecule has 208 valence electrons. The molecule has 1 aromatic heterocycles. The molecular formula is C29H32F3N3O4. The Balaban J connectivity index is 1.34. The average Bonchev–Trinajstić information content (AvgIpc) is 3.32. The van der Waals surface area contributed by atoms with E-state index in [0.29, 0.717) is 78.1 Å². The zero-order chi connectivity index (χ0) is 27.8. The Kier molecular flexibility index (Phi) is 7.22. The molecule has 0 aliphatic carbocycles. The van der Waals surface area contributed by atoms with Crippen molar-refractivity contribution in [1.29, 1.82) is 0 Å². The van der Waals surface area contributed by atoms with Gasteiger partial charge in [-0.15, -0.1) is 0 Å². The van der Waals surface area contributed by atoms with Crippen molar-refractivity contribution >= 4 is 5.91 Å². The summed E-state index contributed by atoms with van der Waals surface area (Å²) >= 11 is 0. The van der Waals surface area contributed by atoms with Crippen molar-refractivity contribution in [3.8, 4) is 28.5 Å². The molecule has 1 amide bonds. The molecule has 0 atom stereocenters. The summed E-state index contributed by atoms with van der Waals surface area (Å²) in [5.41, 5.74) is 1.41. The van der Waals surface area contributed by atoms with Crippen molar-refractivity contribution in [2.45, 2.75) is 51.4 Å². The van der Waals surface area contributed by atoms with Gasteiger partial charge in [-0.1, -0.05) is 26.0 Å². The number of alkyl halides is 3. The number of rotatable bonds is 7. The molecule has 5 rings (SSSR count). The lowest BCUT2D eigenvalue weighted by molar-refractivity contribution is -0.142. The smallest absolute Gasteiger partial charge is 0.408 e. The molecule has 1 spiro atoms. The summed E-state index contributed by atoms with van der Waals surface area (Å²) in [5, 5.41) is 4.30. The number of hydrogen-bond acceptors (Lipinski definition) is 5. The number of hydrogen-bond donors (Lipinski definition) is 0. The number of likely N-dealkylation sites (tertiary alicyclic amines) is 1. The van der Waals surface area contributed by atoms with Crippen molar-refractivity contribution in [1.82, 2.24) is 14.7 Å². The molecule has 2 aliphatic rings. The Morgan fingerprint density at radius 1 is 1.13 bits per heavy atom. The van der Waals surface area contributed by atoms with Gasteiger partial charge >= 0.3 is 6.18 Å². The monoisotopic (exact) mass is 543 g/mol. The minimum Gasteiger partial charge on any atom is -0.493 e. The van der Waals surface area contributed by atoms with Gasteiger partial charge in [0.15, 0.2) is 11.5 Å². The summed E-state index contributed by atoms with van der Waals surface area (Å²) in [7, 11) is 1.54. The van der Waals surface area contributed by atoms with Crippen LogP contribution in [-0.4, -0.2) is 53.6 Å². The maximum Gasteiger partial charge on any atom is 0.408 e. The normalized spacial score (nSPS) is 16.0. The quantitative estimate of drug-likeness (QED) is 0.362. The second kappa shape index (κ2) is 10.5. The molecule has 10 heteroatoms. The lowest BCUT2D eigenvalue weighted by Gasteiger charge is -2.44. The minimum atomic E-state index is -4.39. The molecule has 0 unspecified atom stereocenters. The van der Waals surface area contributed by atoms with E-state index in [4.69, 9.17) is 14.2 Å². The third-order valence-corrected chi connectivity index (χ3v) is 7.26. The molecule has 3 aromatic rings. The van der Waals surface area contributed by atoms with E-state index in [-0.39, 0.29) is 5.91 Å². The standard InChI is InChI=1S/C29H32F3N3O4/c1-19(2)10-15-38-24-9-8-20(16-25(24)37-3)27(36)34-13-11-28(12-14-34)22-17-35(18-29(30,31)32)33-26(22)21-6-4-5-7-23(21)39-28/h4-9,16-17,19H,10-15,18H2,1-3H3. The Labute approximate surface area is 225 Å². The molecule has 0 saturated carbocycles. The van der Waals surface area contributed by atoms with E-state index >= 15 is 0 Å². The molecule has 3 heterocycles. The molecule has 0 bridgehead atoms. The molecule has 39 heavy (non-hydrogen) atoms. The van der Waals surface area contributed by atoms with E-state index < -0.39 is 18.3 Å². The number of halogens is 3. The molecule has 7 nitrogen and oxygen atoms in total. The third kappa shape index (κ3) is 5.55. The van der Waals surface area contributed by atoms with Crippen LogP contribution in [-0.2, 0) is 12.1 Å². The second-order valence-corrected chi connectivity index (χ2v) is 10.5. The Hall–Kier alpha value is -3.69. The van der Waals surface area contributed by atoms with Crippen LogP contribution < -0.4 is 14.2 Å². The number of amides is 1. The molecule has 1 saturated heterocycles. The zero-order valence-electron chi connectivity index (χ0n) is 22.3. The first-order chi connectivity index (χ1) is 18.6. The van der Waals surface area contributed by atoms with Crippen molar-refractivity contribution in [3.63, 3.8) is 0 Å². The number of aromatic nitrogens is 2. The number of carbonyl (C=O) groups is 1. The number of methoxy groups -OCH3 is 1. The van der Waals surface area contributed by atoms with Gasteiger partial charge in [0.25, 0.3) is 5.91 Å². The van der Waals surface area contributed by atoms with Crippen molar-refractivity contribution in [2.75, 3.05) is 26.8 Å². The van der Waals surface area contributed by atoms with Crippen LogP contribution in [0.2, 0.25) is 0 Å². The van der Waals surface area contributed by atoms with Crippen LogP contribution in [0.4, 0.5) is 13.2 Å². The third-order valence-electron chi connectivity index (χ3n) is 7.26. The maximum absolute atomic E-state index is 13.4. The molecule has 2 aliphatic heterocycles. The average molecular weight is 544 g/mol. The summed E-state index contributed by atoms with van der Waals surface area (Å²) in [6.07, 6.45) is -1.20. The largest absolute Gasteiger partial charge is 0.493 e. The Morgan fingerprint density at radius 3 is 2.56 bits per heavy atom. The van der Waals surface area contributed by atoms with Crippen LogP contribution in [0, 0.1) is 5.92 Å². The van der Waals surface area contributed by atoms with E-state index in [0.717, 1.165) is 11.1 Å². The highest BCUT2D eigenvalue weighted by Crippen LogP contribution is 2.49. The first kappa shape index (κ1) is 26.9. The molecule has 0 N–H and O–H groups in total. The molecular weight excluding hydrogens is 511 g/mol. The Bertz CT molecular complexity index is 1340. The van der Waals surface area contributed by atoms with Crippen LogP contribution >= 0.6 is 0 Å². The van der Waals surface area contributed by atoms with E-state index in [1.54, 1.807) is 42.3 Å². The molecule has 0 radical (unpaired) electrons. The van der Waals surface area contributed by atoms with E-state index in [9.17, 15) is 18.0 Å². The number of nitrogens with zero attached hydrogens (tertiary/aromatic N) is 3. The predicted molar refractivity (Wildman–Crippen MR) is 139 cm³/mol. The van der Waals surface area contributed by atoms with Gasteiger partial charge in [0.2, 0.25) is 0 Å². The van der Waals surface area contributed by atoms with Crippen LogP contribution in [0.15, 0.2) is 48.7 Å². The zero-order valence-corrected chi connectivity index (χ0v) is 22.3. The highest BCUT2D eigenvalue weighted by Gasteiger charge is 2.46. The van der Waals surface area contributed by atoms with Crippen molar-refractivity contribution < 1.29 is 32.2 Å². The van der Waals surface area contributed by atoms with E-state index in [2.05, 4.69) is 18.9 Å². The molecule has 2 aromatic carbocycles. The summed E-state index contributed by atoms with van der Waals surface area (Å²) < 4.78 is 58.2. The summed E-state index contributed by atoms with van der Waals surface area (Å²) in [5.74, 6) is 2.02. The summed E-state index contributed by atoms with van der Waals surface area (Å²) in [4.78, 5) is 15.1. The van der Waals surface area contributed by atoms with Crippen LogP contribution in [0.25, 0.3) is 11.3 Å². The van der Waals surface area contributed by atoms with E-state index in [1.807, 2.05) is 12.1 Å². The lowest BCUT2D eigenvalue weighted by atomic mass is 9.81. The predicted octanol–water partition coefficient (Wildman–Crippen LogP) is 6.07. The van der Waals surface area contributed by atoms with Gasteiger partial charge in [-0.3, -0.25) is 9.48 Å². The highest BCUT2D eigenvalue weighted by molar-refractivity contribution is 5.95. The fourth-order valence-electron chi connectivity index (χ4n) is 5.18. The maximum atomic E-state index is 13.4. The fraction of sp³-hybridized carbons (Fsp3) is 0.448. The van der Waals surface area contributed by atoms with Crippen molar-refractivity contribution in [3.05, 3.63) is 59.8 Å². The summed E-state index contributed by atoms with van der Waals surface area (Å²) in [6, 6.07) is 12.4. The van der Waals surface area contributed by atoms with Crippen LogP contribution in [0.1, 0.15) is 49.0 Å². The number of ether oxygens (including phenoxy) is 3. The number of fused-ring (bicyclic) bond motifs is 4. The SMILES string of the molecule is COc1cc(C(=O)N2CCC3(CC2)Oc2ccccc2-c2nn(CC(F)(F)F)cc23)ccc1OCCC(C)C. The number of benzene rings is 2. The highest BCUT2D eigenvalue weighted by atomic mass is 19.4. The summed E-state index contributed by atoms with van der Waals surface area (Å²) in [6.45, 7) is 4.37. The van der Waals surface area contributed by atoms with E-state index in [1.165, 1.54) is 6.20 Å². The number of para-hydroxylation sites is 1. The van der Waals surface area contributed by atoms with Crippen LogP contribution in [0.3, 0.4) is 0 Å². The number of carbonyl (C=O) groups excluding carboxylic acids is 1. The Morgan fingerprint density at radius 2 is 1.87 bits per heavy atom. The minimum absolute atomic E-state index is 0.152. The van der Waals surface area contributed by atoms with Crippen molar-refractivity contribution in [2.24, 2.45) is 5.92 Å². The van der Waals surface area contributed by atoms with Gasteiger partial charge in [0.05, 0.1) is 13.7 Å². The fourth-order valence-corrected chi connectivity index (χ4v) is 5.18. The first-order valence-corrected chi connectivity index (χ1v) is 13.1. The lowest BCUT2D eigenvalue weighted by Crippen LogP contribution is -2.49. The second-order valence-electron chi connectivity index (χ2n) is 10.5. The van der Waals surface area contributed by atoms with Gasteiger partial charge in [-0.2, -0.15) is 18.3 Å². The van der Waals surface area contributed by atoms with Crippen LogP contribution in [0.5, 0.6) is 17.2 Å². The first-order valence-electron chi connectivity index (χ1n) is 13.1. The molecule has 1 fully saturated rings.